The van der Waals surface area contributed by atoms with Gasteiger partial charge in [-0.1, -0.05) is 0 Å². The lowest BCUT2D eigenvalue weighted by Gasteiger charge is -2.35. The number of benzene rings is 1. The lowest BCUT2D eigenvalue weighted by molar-refractivity contribution is -0.133. The average Bonchev–Trinajstić information content (AvgIpc) is 3.04. The van der Waals surface area contributed by atoms with Crippen molar-refractivity contribution in [2.24, 2.45) is 11.7 Å². The van der Waals surface area contributed by atoms with Gasteiger partial charge in [0.05, 0.1) is 6.04 Å². The monoisotopic (exact) mass is 360 g/mol. The molecule has 4 N–H and O–H groups in total. The first kappa shape index (κ1) is 18.4. The van der Waals surface area contributed by atoms with E-state index in [1.807, 2.05) is 6.92 Å². The number of nitrogens with zero attached hydrogens (tertiary/aromatic N) is 1. The minimum Gasteiger partial charge on any atom is -0.351 e. The van der Waals surface area contributed by atoms with Crippen molar-refractivity contribution in [3.63, 3.8) is 0 Å². The predicted molar refractivity (Wildman–Crippen MR) is 98.1 cm³/mol. The summed E-state index contributed by atoms with van der Waals surface area (Å²) in [6, 6.07) is 5.55. The van der Waals surface area contributed by atoms with Crippen molar-refractivity contribution in [3.8, 4) is 0 Å². The summed E-state index contributed by atoms with van der Waals surface area (Å²) in [7, 11) is 0. The molecule has 2 heterocycles. The molecule has 0 radical (unpaired) electrons. The van der Waals surface area contributed by atoms with Gasteiger partial charge in [0.2, 0.25) is 5.91 Å². The molecule has 1 aliphatic heterocycles. The Hall–Kier alpha value is -2.41. The summed E-state index contributed by atoms with van der Waals surface area (Å²) >= 11 is 0. The highest BCUT2D eigenvalue weighted by Crippen LogP contribution is 2.22. The van der Waals surface area contributed by atoms with Gasteiger partial charge in [0, 0.05) is 30.0 Å². The molecule has 1 aromatic carbocycles. The third-order valence-electron chi connectivity index (χ3n) is 5.13. The van der Waals surface area contributed by atoms with E-state index in [-0.39, 0.29) is 23.7 Å². The molecule has 2 amide bonds. The minimum absolute atomic E-state index is 0.0156. The van der Waals surface area contributed by atoms with Gasteiger partial charge in [-0.3, -0.25) is 9.59 Å². The van der Waals surface area contributed by atoms with E-state index in [2.05, 4.69) is 10.3 Å². The second-order valence-electron chi connectivity index (χ2n) is 7.13. The van der Waals surface area contributed by atoms with Gasteiger partial charge >= 0.3 is 0 Å². The smallest absolute Gasteiger partial charge is 0.267 e. The quantitative estimate of drug-likeness (QED) is 0.779. The summed E-state index contributed by atoms with van der Waals surface area (Å²) < 4.78 is 13.3. The summed E-state index contributed by atoms with van der Waals surface area (Å²) in [5.74, 6) is -0.253. The molecule has 1 saturated heterocycles. The standard InChI is InChI=1S/C19H25FN4O2/c1-11(21)19(26)24-7-5-13(6-8-24)12(2)22-18(25)17-10-14-9-15(20)3-4-16(14)23-17/h3-4,9-13,23H,5-8,21H2,1-2H3,(H,22,25)/t11-,12?/m0/s1. The highest BCUT2D eigenvalue weighted by Gasteiger charge is 2.28. The Morgan fingerprint density at radius 1 is 1.27 bits per heavy atom. The van der Waals surface area contributed by atoms with Gasteiger partial charge < -0.3 is 20.9 Å². The number of aromatic nitrogens is 1. The number of fused-ring (bicyclic) bond motifs is 1. The van der Waals surface area contributed by atoms with Gasteiger partial charge in [0.25, 0.3) is 5.91 Å². The van der Waals surface area contributed by atoms with Crippen LogP contribution in [-0.2, 0) is 4.79 Å². The summed E-state index contributed by atoms with van der Waals surface area (Å²) in [5, 5.41) is 3.69. The van der Waals surface area contributed by atoms with Gasteiger partial charge in [-0.25, -0.2) is 4.39 Å². The average molecular weight is 360 g/mol. The number of amides is 2. The zero-order valence-corrected chi connectivity index (χ0v) is 15.1. The number of nitrogens with one attached hydrogen (secondary N) is 2. The van der Waals surface area contributed by atoms with E-state index in [1.165, 1.54) is 12.1 Å². The Morgan fingerprint density at radius 2 is 1.96 bits per heavy atom. The summed E-state index contributed by atoms with van der Waals surface area (Å²) in [5.41, 5.74) is 6.80. The van der Waals surface area contributed by atoms with Crippen molar-refractivity contribution in [3.05, 3.63) is 35.8 Å². The van der Waals surface area contributed by atoms with Crippen LogP contribution < -0.4 is 11.1 Å². The minimum atomic E-state index is -0.476. The van der Waals surface area contributed by atoms with Crippen molar-refractivity contribution in [2.45, 2.75) is 38.8 Å². The molecule has 0 saturated carbocycles. The highest BCUT2D eigenvalue weighted by molar-refractivity contribution is 5.98. The predicted octanol–water partition coefficient (Wildman–Crippen LogP) is 2.01. The number of carbonyl (C=O) groups excluding carboxylic acids is 2. The Labute approximate surface area is 151 Å². The Morgan fingerprint density at radius 3 is 2.62 bits per heavy atom. The molecule has 1 fully saturated rings. The third-order valence-corrected chi connectivity index (χ3v) is 5.13. The summed E-state index contributed by atoms with van der Waals surface area (Å²) in [4.78, 5) is 29.3. The van der Waals surface area contributed by atoms with Crippen LogP contribution in [0.25, 0.3) is 10.9 Å². The SMILES string of the molecule is CC(NC(=O)c1cc2cc(F)ccc2[nH]1)C1CCN(C(=O)[C@H](C)N)CC1. The molecule has 1 aliphatic rings. The van der Waals surface area contributed by atoms with Crippen molar-refractivity contribution < 1.29 is 14.0 Å². The first-order valence-electron chi connectivity index (χ1n) is 8.98. The van der Waals surface area contributed by atoms with E-state index >= 15 is 0 Å². The molecular weight excluding hydrogens is 335 g/mol. The second-order valence-corrected chi connectivity index (χ2v) is 7.13. The van der Waals surface area contributed by atoms with E-state index < -0.39 is 6.04 Å². The van der Waals surface area contributed by atoms with E-state index in [1.54, 1.807) is 24.0 Å². The molecule has 3 rings (SSSR count). The topological polar surface area (TPSA) is 91.2 Å². The summed E-state index contributed by atoms with van der Waals surface area (Å²) in [6.45, 7) is 5.01. The lowest BCUT2D eigenvalue weighted by atomic mass is 9.90. The largest absolute Gasteiger partial charge is 0.351 e. The van der Waals surface area contributed by atoms with Crippen LogP contribution in [0, 0.1) is 11.7 Å². The van der Waals surface area contributed by atoms with Gasteiger partial charge in [-0.15, -0.1) is 0 Å². The van der Waals surface area contributed by atoms with Crippen molar-refractivity contribution >= 4 is 22.7 Å². The Balaban J connectivity index is 1.58. The molecule has 0 aliphatic carbocycles. The highest BCUT2D eigenvalue weighted by atomic mass is 19.1. The molecule has 1 aromatic heterocycles. The first-order chi connectivity index (χ1) is 12.3. The number of halogens is 1. The van der Waals surface area contributed by atoms with Crippen molar-refractivity contribution in [1.82, 2.24) is 15.2 Å². The maximum atomic E-state index is 13.3. The maximum absolute atomic E-state index is 13.3. The number of likely N-dealkylation sites (tertiary alicyclic amines) is 1. The number of hydrogen-bond donors (Lipinski definition) is 3. The molecule has 0 spiro atoms. The Bertz CT molecular complexity index is 809. The lowest BCUT2D eigenvalue weighted by Crippen LogP contribution is -2.49. The van der Waals surface area contributed by atoms with Crippen LogP contribution in [0.2, 0.25) is 0 Å². The van der Waals surface area contributed by atoms with Crippen LogP contribution >= 0.6 is 0 Å². The van der Waals surface area contributed by atoms with Crippen LogP contribution in [-0.4, -0.2) is 46.9 Å². The van der Waals surface area contributed by atoms with Crippen LogP contribution in [0.3, 0.4) is 0 Å². The Kier molecular flexibility index (Phi) is 5.27. The van der Waals surface area contributed by atoms with E-state index in [9.17, 15) is 14.0 Å². The number of rotatable bonds is 4. The van der Waals surface area contributed by atoms with Gasteiger partial charge in [-0.05, 0) is 56.9 Å². The molecule has 140 valence electrons. The number of aromatic amines is 1. The van der Waals surface area contributed by atoms with E-state index in [4.69, 9.17) is 5.73 Å². The molecule has 26 heavy (non-hydrogen) atoms. The molecule has 1 unspecified atom stereocenters. The molecule has 2 atom stereocenters. The van der Waals surface area contributed by atoms with Gasteiger partial charge in [-0.2, -0.15) is 0 Å². The molecular formula is C19H25FN4O2. The summed E-state index contributed by atoms with van der Waals surface area (Å²) in [6.07, 6.45) is 1.66. The van der Waals surface area contributed by atoms with Crippen LogP contribution in [0.1, 0.15) is 37.2 Å². The third kappa shape index (κ3) is 3.88. The van der Waals surface area contributed by atoms with Crippen LogP contribution in [0.4, 0.5) is 4.39 Å². The number of hydrogen-bond acceptors (Lipinski definition) is 3. The van der Waals surface area contributed by atoms with Gasteiger partial charge in [0.1, 0.15) is 11.5 Å². The molecule has 0 bridgehead atoms. The van der Waals surface area contributed by atoms with Crippen molar-refractivity contribution in [2.75, 3.05) is 13.1 Å². The molecule has 6 nitrogen and oxygen atoms in total. The first-order valence-corrected chi connectivity index (χ1v) is 8.98. The zero-order valence-electron chi connectivity index (χ0n) is 15.1. The van der Waals surface area contributed by atoms with E-state index in [0.717, 1.165) is 18.4 Å². The molecule has 7 heteroatoms. The number of nitrogens with two attached hydrogens (primary N) is 1. The van der Waals surface area contributed by atoms with Gasteiger partial charge in [0.15, 0.2) is 0 Å². The van der Waals surface area contributed by atoms with Crippen molar-refractivity contribution in [1.29, 1.82) is 0 Å². The maximum Gasteiger partial charge on any atom is 0.267 e. The fraction of sp³-hybridized carbons (Fsp3) is 0.474. The number of H-pyrrole nitrogens is 1. The number of carbonyl (C=O) groups is 2. The normalized spacial score (nSPS) is 17.9. The molecule has 2 aromatic rings. The fourth-order valence-corrected chi connectivity index (χ4v) is 3.54. The van der Waals surface area contributed by atoms with Crippen LogP contribution in [0.15, 0.2) is 24.3 Å². The second kappa shape index (κ2) is 7.45. The van der Waals surface area contributed by atoms with Crippen LogP contribution in [0.5, 0.6) is 0 Å². The number of piperidine rings is 1. The zero-order chi connectivity index (χ0) is 18.8. The van der Waals surface area contributed by atoms with E-state index in [0.29, 0.717) is 30.1 Å². The fourth-order valence-electron chi connectivity index (χ4n) is 3.54.